The first kappa shape index (κ1) is 15.9. The van der Waals surface area contributed by atoms with E-state index in [1.165, 1.54) is 18.2 Å². The van der Waals surface area contributed by atoms with Crippen LogP contribution in [0.5, 0.6) is 5.75 Å². The molecule has 0 spiro atoms. The molecule has 0 unspecified atom stereocenters. The molecule has 0 saturated heterocycles. The van der Waals surface area contributed by atoms with Gasteiger partial charge in [-0.3, -0.25) is 14.9 Å². The van der Waals surface area contributed by atoms with Crippen molar-refractivity contribution in [1.82, 2.24) is 0 Å². The van der Waals surface area contributed by atoms with Gasteiger partial charge in [-0.05, 0) is 24.5 Å². The number of phenolic OH excluding ortho intramolecular Hbond substituents is 1. The summed E-state index contributed by atoms with van der Waals surface area (Å²) in [5.74, 6) is -0.952. The summed E-state index contributed by atoms with van der Waals surface area (Å²) in [6.07, 6.45) is 1.79. The van der Waals surface area contributed by atoms with Gasteiger partial charge in [-0.15, -0.1) is 0 Å². The van der Waals surface area contributed by atoms with E-state index in [4.69, 9.17) is 10.5 Å². The summed E-state index contributed by atoms with van der Waals surface area (Å²) in [5, 5.41) is 20.0. The lowest BCUT2D eigenvalue weighted by molar-refractivity contribution is -0.385. The average Bonchev–Trinajstić information content (AvgIpc) is 2.40. The number of ether oxygens (including phenoxy) is 1. The number of benzene rings is 1. The maximum absolute atomic E-state index is 11.6. The molecule has 1 aromatic rings. The van der Waals surface area contributed by atoms with E-state index in [0.717, 1.165) is 12.8 Å². The van der Waals surface area contributed by atoms with E-state index in [-0.39, 0.29) is 6.42 Å². The van der Waals surface area contributed by atoms with Crippen molar-refractivity contribution in [2.75, 3.05) is 6.61 Å². The fourth-order valence-electron chi connectivity index (χ4n) is 1.60. The molecule has 1 atom stereocenters. The van der Waals surface area contributed by atoms with Gasteiger partial charge in [0.2, 0.25) is 0 Å². The predicted molar refractivity (Wildman–Crippen MR) is 72.3 cm³/mol. The third kappa shape index (κ3) is 4.51. The van der Waals surface area contributed by atoms with Gasteiger partial charge in [0.1, 0.15) is 6.04 Å². The largest absolute Gasteiger partial charge is 0.502 e. The fourth-order valence-corrected chi connectivity index (χ4v) is 1.60. The molecule has 1 aromatic carbocycles. The molecule has 0 heterocycles. The molecule has 0 fully saturated rings. The summed E-state index contributed by atoms with van der Waals surface area (Å²) in [6.45, 7) is 2.29. The Hall–Kier alpha value is -2.15. The lowest BCUT2D eigenvalue weighted by Gasteiger charge is -2.11. The van der Waals surface area contributed by atoms with Gasteiger partial charge in [0.05, 0.1) is 11.5 Å². The van der Waals surface area contributed by atoms with E-state index in [2.05, 4.69) is 0 Å². The third-order valence-corrected chi connectivity index (χ3v) is 2.74. The number of phenols is 1. The first-order valence-electron chi connectivity index (χ1n) is 6.34. The highest BCUT2D eigenvalue weighted by molar-refractivity contribution is 5.76. The number of rotatable bonds is 7. The van der Waals surface area contributed by atoms with Gasteiger partial charge in [0, 0.05) is 6.07 Å². The second kappa shape index (κ2) is 7.44. The van der Waals surface area contributed by atoms with Gasteiger partial charge in [0.25, 0.3) is 0 Å². The summed E-state index contributed by atoms with van der Waals surface area (Å²) >= 11 is 0. The van der Waals surface area contributed by atoms with Crippen LogP contribution in [0, 0.1) is 10.1 Å². The highest BCUT2D eigenvalue weighted by Gasteiger charge is 2.19. The minimum atomic E-state index is -0.879. The van der Waals surface area contributed by atoms with E-state index in [1.54, 1.807) is 0 Å². The lowest BCUT2D eigenvalue weighted by atomic mass is 10.1. The molecule has 0 saturated carbocycles. The van der Waals surface area contributed by atoms with Crippen molar-refractivity contribution in [3.05, 3.63) is 33.9 Å². The van der Waals surface area contributed by atoms with Crippen molar-refractivity contribution in [1.29, 1.82) is 0 Å². The average molecular weight is 282 g/mol. The molecule has 0 aromatic heterocycles. The molecule has 7 heteroatoms. The summed E-state index contributed by atoms with van der Waals surface area (Å²) in [4.78, 5) is 21.6. The molecule has 3 N–H and O–H groups in total. The topological polar surface area (TPSA) is 116 Å². The van der Waals surface area contributed by atoms with Crippen molar-refractivity contribution in [3.8, 4) is 5.75 Å². The molecule has 7 nitrogen and oxygen atoms in total. The molecule has 20 heavy (non-hydrogen) atoms. The number of unbranched alkanes of at least 4 members (excludes halogenated alkanes) is 1. The van der Waals surface area contributed by atoms with Gasteiger partial charge in [-0.25, -0.2) is 0 Å². The number of nitrogens with two attached hydrogens (primary N) is 1. The summed E-state index contributed by atoms with van der Waals surface area (Å²) < 4.78 is 4.97. The molecule has 0 bridgehead atoms. The molecular formula is C13H18N2O5. The number of nitrogens with zero attached hydrogens (tertiary/aromatic N) is 1. The number of esters is 1. The highest BCUT2D eigenvalue weighted by Crippen LogP contribution is 2.26. The number of carbonyl (C=O) groups excluding carboxylic acids is 1. The van der Waals surface area contributed by atoms with Crippen LogP contribution in [-0.2, 0) is 16.0 Å². The van der Waals surface area contributed by atoms with E-state index in [0.29, 0.717) is 12.2 Å². The number of nitro groups is 1. The van der Waals surface area contributed by atoms with Gasteiger partial charge < -0.3 is 15.6 Å². The molecular weight excluding hydrogens is 264 g/mol. The Bertz CT molecular complexity index is 490. The van der Waals surface area contributed by atoms with Crippen LogP contribution in [0.25, 0.3) is 0 Å². The Morgan fingerprint density at radius 1 is 1.55 bits per heavy atom. The zero-order chi connectivity index (χ0) is 15.1. The predicted octanol–water partition coefficient (Wildman–Crippen LogP) is 1.51. The van der Waals surface area contributed by atoms with Crippen molar-refractivity contribution in [3.63, 3.8) is 0 Å². The van der Waals surface area contributed by atoms with Crippen LogP contribution in [0.4, 0.5) is 5.69 Å². The van der Waals surface area contributed by atoms with E-state index in [9.17, 15) is 20.0 Å². The first-order chi connectivity index (χ1) is 9.45. The fraction of sp³-hybridized carbons (Fsp3) is 0.462. The monoisotopic (exact) mass is 282 g/mol. The molecule has 0 radical (unpaired) electrons. The van der Waals surface area contributed by atoms with Gasteiger partial charge in [0.15, 0.2) is 5.75 Å². The minimum Gasteiger partial charge on any atom is -0.502 e. The van der Waals surface area contributed by atoms with E-state index >= 15 is 0 Å². The highest BCUT2D eigenvalue weighted by atomic mass is 16.6. The molecule has 0 amide bonds. The van der Waals surface area contributed by atoms with Crippen LogP contribution in [-0.4, -0.2) is 28.6 Å². The normalized spacial score (nSPS) is 11.9. The maximum Gasteiger partial charge on any atom is 0.323 e. The summed E-state index contributed by atoms with van der Waals surface area (Å²) in [5.41, 5.74) is 5.78. The lowest BCUT2D eigenvalue weighted by Crippen LogP contribution is -2.34. The van der Waals surface area contributed by atoms with Crippen molar-refractivity contribution < 1.29 is 19.6 Å². The molecule has 110 valence electrons. The number of hydrogen-bond donors (Lipinski definition) is 2. The minimum absolute atomic E-state index is 0.117. The van der Waals surface area contributed by atoms with Gasteiger partial charge >= 0.3 is 11.7 Å². The van der Waals surface area contributed by atoms with Crippen LogP contribution >= 0.6 is 0 Å². The Balaban J connectivity index is 2.66. The standard InChI is InChI=1S/C13H18N2O5/c1-2-3-6-20-13(17)10(14)7-9-4-5-12(16)11(8-9)15(18)19/h4-5,8,10,16H,2-3,6-7,14H2,1H3/t10-/m1/s1. The first-order valence-corrected chi connectivity index (χ1v) is 6.34. The Labute approximate surface area is 116 Å². The zero-order valence-electron chi connectivity index (χ0n) is 11.2. The van der Waals surface area contributed by atoms with Crippen LogP contribution in [0.3, 0.4) is 0 Å². The third-order valence-electron chi connectivity index (χ3n) is 2.74. The Morgan fingerprint density at radius 2 is 2.25 bits per heavy atom. The summed E-state index contributed by atoms with van der Waals surface area (Å²) in [6, 6.07) is 3.02. The van der Waals surface area contributed by atoms with Crippen molar-refractivity contribution >= 4 is 11.7 Å². The summed E-state index contributed by atoms with van der Waals surface area (Å²) in [7, 11) is 0. The zero-order valence-corrected chi connectivity index (χ0v) is 11.2. The second-order valence-corrected chi connectivity index (χ2v) is 4.41. The quantitative estimate of drug-likeness (QED) is 0.339. The SMILES string of the molecule is CCCCOC(=O)[C@H](N)Cc1ccc(O)c([N+](=O)[O-])c1. The van der Waals surface area contributed by atoms with Gasteiger partial charge in [-0.2, -0.15) is 0 Å². The second-order valence-electron chi connectivity index (χ2n) is 4.41. The Kier molecular flexibility index (Phi) is 5.92. The number of aromatic hydroxyl groups is 1. The van der Waals surface area contributed by atoms with Crippen LogP contribution < -0.4 is 5.73 Å². The molecule has 0 aliphatic heterocycles. The smallest absolute Gasteiger partial charge is 0.323 e. The van der Waals surface area contributed by atoms with Crippen LogP contribution in [0.15, 0.2) is 18.2 Å². The van der Waals surface area contributed by atoms with Crippen LogP contribution in [0.1, 0.15) is 25.3 Å². The molecule has 0 aliphatic rings. The van der Waals surface area contributed by atoms with Crippen molar-refractivity contribution in [2.24, 2.45) is 5.73 Å². The van der Waals surface area contributed by atoms with Gasteiger partial charge in [-0.1, -0.05) is 19.4 Å². The number of carbonyl (C=O) groups is 1. The van der Waals surface area contributed by atoms with E-state index in [1.807, 2.05) is 6.92 Å². The van der Waals surface area contributed by atoms with Crippen molar-refractivity contribution in [2.45, 2.75) is 32.2 Å². The number of hydrogen-bond acceptors (Lipinski definition) is 6. The maximum atomic E-state index is 11.6. The van der Waals surface area contributed by atoms with E-state index < -0.39 is 28.4 Å². The molecule has 1 rings (SSSR count). The number of nitro benzene ring substituents is 1. The Morgan fingerprint density at radius 3 is 2.85 bits per heavy atom. The molecule has 0 aliphatic carbocycles. The van der Waals surface area contributed by atoms with Crippen LogP contribution in [0.2, 0.25) is 0 Å².